The summed E-state index contributed by atoms with van der Waals surface area (Å²) in [5, 5.41) is 22.6. The fraction of sp³-hybridized carbons (Fsp3) is 0.476. The second kappa shape index (κ2) is 10.9. The molecule has 7 rings (SSSR count). The third-order valence-electron chi connectivity index (χ3n) is 7.47. The van der Waals surface area contributed by atoms with Crippen molar-refractivity contribution >= 4 is 49.6 Å². The number of hydrogen-bond donors (Lipinski definition) is 7. The van der Waals surface area contributed by atoms with Gasteiger partial charge in [-0.15, -0.1) is 0 Å². The highest BCUT2D eigenvalue weighted by Gasteiger charge is 2.53. The zero-order valence-corrected chi connectivity index (χ0v) is 24.3. The highest BCUT2D eigenvalue weighted by atomic mass is 31.2. The highest BCUT2D eigenvalue weighted by molar-refractivity contribution is 7.47. The smallest absolute Gasteiger partial charge is 0.387 e. The molecule has 3 aliphatic heterocycles. The first kappa shape index (κ1) is 30.3. The Morgan fingerprint density at radius 3 is 2.33 bits per heavy atom. The number of aromatic nitrogens is 7. The molecule has 10 atom stereocenters. The molecule has 3 saturated heterocycles. The van der Waals surface area contributed by atoms with Crippen LogP contribution < -0.4 is 17.0 Å². The number of aliphatic hydroxyl groups excluding tert-OH is 2. The van der Waals surface area contributed by atoms with E-state index in [0.29, 0.717) is 5.39 Å². The number of fused-ring (bicyclic) bond motifs is 5. The molecule has 9 N–H and O–H groups in total. The Hall–Kier alpha value is -3.37. The summed E-state index contributed by atoms with van der Waals surface area (Å²) in [6.45, 7) is -1.62. The van der Waals surface area contributed by atoms with Crippen LogP contribution in [0.25, 0.3) is 22.2 Å². The van der Waals surface area contributed by atoms with Crippen molar-refractivity contribution < 1.29 is 56.7 Å². The molecule has 24 heteroatoms. The average Bonchev–Trinajstić information content (AvgIpc) is 3.72. The number of nitrogens with one attached hydrogen (secondary N) is 1. The van der Waals surface area contributed by atoms with E-state index in [4.69, 9.17) is 39.0 Å². The summed E-state index contributed by atoms with van der Waals surface area (Å²) in [4.78, 5) is 51.8. The van der Waals surface area contributed by atoms with E-state index in [1.54, 1.807) is 6.07 Å². The summed E-state index contributed by atoms with van der Waals surface area (Å²) in [5.41, 5.74) is 10.8. The Bertz CT molecular complexity index is 1930. The number of aliphatic hydroxyl groups is 2. The molecule has 0 radical (unpaired) electrons. The molecule has 0 amide bonds. The van der Waals surface area contributed by atoms with Crippen molar-refractivity contribution in [3.8, 4) is 0 Å². The SMILES string of the molecule is Nc1nc2c(ncn2[C@@H]2O[C@@H]3COP(=O)(O)OC4[C@@H](COP(=O)(O)OC2[C@H]3O)O[C@@H](n2ccc3c(N)ncnc32)[C@H]4O)c(=O)[nH]1. The zero-order chi connectivity index (χ0) is 31.8. The summed E-state index contributed by atoms with van der Waals surface area (Å²) in [6.07, 6.45) is -8.73. The van der Waals surface area contributed by atoms with E-state index in [1.165, 1.54) is 17.1 Å². The Morgan fingerprint density at radius 1 is 0.889 bits per heavy atom. The van der Waals surface area contributed by atoms with Crippen molar-refractivity contribution in [2.24, 2.45) is 0 Å². The second-order valence-electron chi connectivity index (χ2n) is 10.3. The Kier molecular flexibility index (Phi) is 7.32. The Balaban J connectivity index is 1.21. The summed E-state index contributed by atoms with van der Waals surface area (Å²) >= 11 is 0. The number of imidazole rings is 1. The van der Waals surface area contributed by atoms with Crippen LogP contribution in [0.4, 0.5) is 11.8 Å². The lowest BCUT2D eigenvalue weighted by atomic mass is 10.1. The molecular formula is C21H25N9O13P2. The first-order chi connectivity index (χ1) is 21.3. The van der Waals surface area contributed by atoms with Gasteiger partial charge in [0.25, 0.3) is 5.56 Å². The van der Waals surface area contributed by atoms with Crippen molar-refractivity contribution in [3.63, 3.8) is 0 Å². The van der Waals surface area contributed by atoms with Crippen LogP contribution in [0, 0.1) is 0 Å². The number of nitrogen functional groups attached to an aromatic ring is 2. The number of rotatable bonds is 2. The van der Waals surface area contributed by atoms with Gasteiger partial charge in [-0.2, -0.15) is 4.98 Å². The van der Waals surface area contributed by atoms with Crippen LogP contribution in [0.2, 0.25) is 0 Å². The van der Waals surface area contributed by atoms with Crippen LogP contribution in [0.5, 0.6) is 0 Å². The third kappa shape index (κ3) is 5.33. The van der Waals surface area contributed by atoms with Gasteiger partial charge in [0.15, 0.2) is 23.6 Å². The number of nitrogens with two attached hydrogens (primary N) is 2. The van der Waals surface area contributed by atoms with Crippen molar-refractivity contribution in [1.29, 1.82) is 0 Å². The fourth-order valence-corrected chi connectivity index (χ4v) is 7.33. The molecule has 2 bridgehead atoms. The van der Waals surface area contributed by atoms with E-state index in [9.17, 15) is 33.9 Å². The molecule has 0 aromatic carbocycles. The van der Waals surface area contributed by atoms with Gasteiger partial charge in [-0.25, -0.2) is 24.1 Å². The monoisotopic (exact) mass is 673 g/mol. The summed E-state index contributed by atoms with van der Waals surface area (Å²) in [5.74, 6) is -0.135. The van der Waals surface area contributed by atoms with E-state index in [-0.39, 0.29) is 28.6 Å². The number of aromatic amines is 1. The van der Waals surface area contributed by atoms with Crippen LogP contribution in [0.1, 0.15) is 12.5 Å². The molecule has 4 aromatic rings. The summed E-state index contributed by atoms with van der Waals surface area (Å²) < 4.78 is 61.3. The first-order valence-electron chi connectivity index (χ1n) is 13.1. The van der Waals surface area contributed by atoms with E-state index in [0.717, 1.165) is 10.9 Å². The minimum Gasteiger partial charge on any atom is -0.387 e. The maximum Gasteiger partial charge on any atom is 0.472 e. The molecule has 45 heavy (non-hydrogen) atoms. The zero-order valence-electron chi connectivity index (χ0n) is 22.5. The molecule has 0 saturated carbocycles. The molecule has 0 aliphatic carbocycles. The molecule has 3 fully saturated rings. The Labute approximate surface area is 249 Å². The van der Waals surface area contributed by atoms with Gasteiger partial charge < -0.3 is 45.5 Å². The van der Waals surface area contributed by atoms with Crippen LogP contribution in [0.3, 0.4) is 0 Å². The minimum absolute atomic E-state index is 0.124. The van der Waals surface area contributed by atoms with Gasteiger partial charge >= 0.3 is 15.6 Å². The van der Waals surface area contributed by atoms with Gasteiger partial charge in [-0.3, -0.25) is 32.4 Å². The van der Waals surface area contributed by atoms with E-state index >= 15 is 0 Å². The molecule has 4 unspecified atom stereocenters. The van der Waals surface area contributed by atoms with Crippen molar-refractivity contribution in [2.45, 2.75) is 49.1 Å². The number of H-pyrrole nitrogens is 1. The lowest BCUT2D eigenvalue weighted by Crippen LogP contribution is -2.36. The number of anilines is 2. The fourth-order valence-electron chi connectivity index (χ4n) is 5.44. The first-order valence-corrected chi connectivity index (χ1v) is 16.1. The van der Waals surface area contributed by atoms with E-state index < -0.39 is 83.5 Å². The topological polar surface area (TPSA) is 317 Å². The number of phosphoric ester groups is 2. The quantitative estimate of drug-likeness (QED) is 0.116. The van der Waals surface area contributed by atoms with Gasteiger partial charge in [0.1, 0.15) is 54.4 Å². The van der Waals surface area contributed by atoms with Crippen molar-refractivity contribution in [3.05, 3.63) is 35.3 Å². The number of hydrogen-bond acceptors (Lipinski definition) is 17. The predicted molar refractivity (Wildman–Crippen MR) is 146 cm³/mol. The molecule has 22 nitrogen and oxygen atoms in total. The second-order valence-corrected chi connectivity index (χ2v) is 13.1. The predicted octanol–water partition coefficient (Wildman–Crippen LogP) is -1.74. The standard InChI is InChI=1S/C21H25N9O13P2/c22-15-7-1-2-29(16(7)25-5-24-15)19-12(32)13-9(41-19)4-39-45(36,37)43-14-11(31)8(3-38-44(34,35)42-13)40-20(14)30-6-26-10-17(30)27-21(23)28-18(10)33/h1-2,5-6,8-9,11-14,19-20,31-32H,3-4H2,(H,34,35)(H,36,37)(H2,22,24,25)(H3,23,27,28,33)/t8-,9-,11+,12+,13?,14?,19-,20-/m1/s1. The van der Waals surface area contributed by atoms with Gasteiger partial charge in [0.2, 0.25) is 5.95 Å². The summed E-state index contributed by atoms with van der Waals surface area (Å²) in [7, 11) is -10.2. The molecule has 3 aliphatic rings. The largest absolute Gasteiger partial charge is 0.472 e. The third-order valence-corrected chi connectivity index (χ3v) is 9.45. The van der Waals surface area contributed by atoms with Crippen LogP contribution in [-0.4, -0.2) is 104 Å². The Morgan fingerprint density at radius 2 is 1.58 bits per heavy atom. The lowest BCUT2D eigenvalue weighted by molar-refractivity contribution is -0.0671. The molecule has 242 valence electrons. The number of nitrogens with zero attached hydrogens (tertiary/aromatic N) is 6. The minimum atomic E-state index is -5.10. The normalized spacial score (nSPS) is 37.7. The van der Waals surface area contributed by atoms with Crippen LogP contribution >= 0.6 is 15.6 Å². The van der Waals surface area contributed by atoms with Crippen LogP contribution in [0.15, 0.2) is 29.7 Å². The van der Waals surface area contributed by atoms with Crippen molar-refractivity contribution in [1.82, 2.24) is 34.1 Å². The average molecular weight is 673 g/mol. The van der Waals surface area contributed by atoms with Gasteiger partial charge in [0, 0.05) is 6.20 Å². The van der Waals surface area contributed by atoms with Crippen LogP contribution in [-0.2, 0) is 36.7 Å². The van der Waals surface area contributed by atoms with E-state index in [2.05, 4.69) is 24.9 Å². The maximum absolute atomic E-state index is 13.2. The molecule has 0 spiro atoms. The molecular weight excluding hydrogens is 648 g/mol. The van der Waals surface area contributed by atoms with Gasteiger partial charge in [-0.1, -0.05) is 0 Å². The molecule has 4 aromatic heterocycles. The number of phosphoric acid groups is 2. The lowest BCUT2D eigenvalue weighted by Gasteiger charge is -2.25. The van der Waals surface area contributed by atoms with E-state index in [1.807, 2.05) is 0 Å². The summed E-state index contributed by atoms with van der Waals surface area (Å²) in [6, 6.07) is 1.56. The molecule has 7 heterocycles. The highest BCUT2D eigenvalue weighted by Crippen LogP contribution is 2.53. The van der Waals surface area contributed by atoms with Gasteiger partial charge in [-0.05, 0) is 6.07 Å². The van der Waals surface area contributed by atoms with Crippen molar-refractivity contribution in [2.75, 3.05) is 24.7 Å². The maximum atomic E-state index is 13.2. The van der Waals surface area contributed by atoms with Gasteiger partial charge in [0.05, 0.1) is 24.9 Å². The number of ether oxygens (including phenoxy) is 2.